The Bertz CT molecular complexity index is 1020. The minimum Gasteiger partial charge on any atom is -0.297 e. The Morgan fingerprint density at radius 3 is 2.96 bits per heavy atom. The van der Waals surface area contributed by atoms with Gasteiger partial charge >= 0.3 is 0 Å². The minimum atomic E-state index is -3.69. The predicted octanol–water partition coefficient (Wildman–Crippen LogP) is 0.662. The Morgan fingerprint density at radius 1 is 1.29 bits per heavy atom. The van der Waals surface area contributed by atoms with Gasteiger partial charge in [-0.05, 0) is 12.8 Å². The molecule has 1 aliphatic rings. The largest absolute Gasteiger partial charge is 0.297 e. The number of nitrogens with one attached hydrogen (secondary N) is 2. The second kappa shape index (κ2) is 5.56. The van der Waals surface area contributed by atoms with Crippen LogP contribution in [0.1, 0.15) is 31.0 Å². The molecule has 0 aliphatic carbocycles. The zero-order valence-electron chi connectivity index (χ0n) is 12.7. The second-order valence-corrected chi connectivity index (χ2v) is 7.63. The maximum atomic E-state index is 12.9. The van der Waals surface area contributed by atoms with Crippen molar-refractivity contribution < 1.29 is 8.42 Å². The highest BCUT2D eigenvalue weighted by molar-refractivity contribution is 7.89. The lowest BCUT2D eigenvalue weighted by molar-refractivity contribution is 0.251. The maximum absolute atomic E-state index is 12.9. The lowest BCUT2D eigenvalue weighted by atomic mass is 10.0. The van der Waals surface area contributed by atoms with Gasteiger partial charge in [0.1, 0.15) is 4.90 Å². The summed E-state index contributed by atoms with van der Waals surface area (Å²) in [6, 6.07) is 2.63. The molecule has 3 aromatic rings. The van der Waals surface area contributed by atoms with Gasteiger partial charge < -0.3 is 0 Å². The number of aromatic nitrogens is 5. The van der Waals surface area contributed by atoms with Crippen LogP contribution in [0.15, 0.2) is 40.4 Å². The molecule has 2 N–H and O–H groups in total. The van der Waals surface area contributed by atoms with E-state index >= 15 is 0 Å². The van der Waals surface area contributed by atoms with Gasteiger partial charge in [0.05, 0.1) is 17.9 Å². The summed E-state index contributed by atoms with van der Waals surface area (Å²) < 4.78 is 28.5. The number of hydrogen-bond donors (Lipinski definition) is 2. The molecule has 0 amide bonds. The van der Waals surface area contributed by atoms with Crippen LogP contribution in [0.5, 0.6) is 0 Å². The third-order valence-electron chi connectivity index (χ3n) is 4.28. The molecule has 24 heavy (non-hydrogen) atoms. The summed E-state index contributed by atoms with van der Waals surface area (Å²) in [5.41, 5.74) is 0.696. The monoisotopic (exact) mass is 348 g/mol. The molecule has 1 aliphatic heterocycles. The first kappa shape index (κ1) is 15.1. The van der Waals surface area contributed by atoms with Gasteiger partial charge in [0.2, 0.25) is 10.0 Å². The molecule has 0 unspecified atom stereocenters. The average Bonchev–Trinajstić information content (AvgIpc) is 3.26. The summed E-state index contributed by atoms with van der Waals surface area (Å²) in [7, 11) is -3.69. The van der Waals surface area contributed by atoms with Crippen molar-refractivity contribution >= 4 is 15.7 Å². The smallest absolute Gasteiger partial charge is 0.272 e. The predicted molar refractivity (Wildman–Crippen MR) is 84.9 cm³/mol. The van der Waals surface area contributed by atoms with Gasteiger partial charge in [-0.2, -0.15) is 9.40 Å². The first-order valence-electron chi connectivity index (χ1n) is 7.65. The van der Waals surface area contributed by atoms with Crippen molar-refractivity contribution in [3.8, 4) is 0 Å². The molecule has 3 aromatic heterocycles. The summed E-state index contributed by atoms with van der Waals surface area (Å²) in [5, 5.41) is 9.03. The number of hydrogen-bond acceptors (Lipinski definition) is 5. The van der Waals surface area contributed by atoms with Gasteiger partial charge in [0, 0.05) is 31.1 Å². The number of nitrogens with zero attached hydrogens (tertiary/aromatic N) is 4. The SMILES string of the molecule is O=c1cc([C@@H]2CCCCN2S(=O)(=O)c2cn[nH]c2)nc2cc[nH]n12. The van der Waals surface area contributed by atoms with Gasteiger partial charge in [-0.1, -0.05) is 6.42 Å². The Hall–Kier alpha value is -2.46. The fourth-order valence-corrected chi connectivity index (χ4v) is 4.70. The fraction of sp³-hybridized carbons (Fsp3) is 0.357. The summed E-state index contributed by atoms with van der Waals surface area (Å²) in [6.45, 7) is 0.395. The van der Waals surface area contributed by atoms with Crippen molar-refractivity contribution in [3.05, 3.63) is 46.8 Å². The van der Waals surface area contributed by atoms with Crippen molar-refractivity contribution in [3.63, 3.8) is 0 Å². The van der Waals surface area contributed by atoms with E-state index in [1.54, 1.807) is 12.3 Å². The van der Waals surface area contributed by atoms with Crippen LogP contribution >= 0.6 is 0 Å². The summed E-state index contributed by atoms with van der Waals surface area (Å²) in [4.78, 5) is 16.8. The zero-order chi connectivity index (χ0) is 16.7. The topological polar surface area (TPSA) is 116 Å². The lowest BCUT2D eigenvalue weighted by Crippen LogP contribution is -2.39. The second-order valence-electron chi connectivity index (χ2n) is 5.74. The van der Waals surface area contributed by atoms with Crippen molar-refractivity contribution in [2.45, 2.75) is 30.2 Å². The van der Waals surface area contributed by atoms with E-state index in [4.69, 9.17) is 0 Å². The number of sulfonamides is 1. The molecule has 4 rings (SSSR count). The molecule has 1 saturated heterocycles. The molecule has 0 saturated carbocycles. The van der Waals surface area contributed by atoms with Crippen molar-refractivity contribution in [2.75, 3.05) is 6.54 Å². The maximum Gasteiger partial charge on any atom is 0.272 e. The van der Waals surface area contributed by atoms with Gasteiger partial charge in [0.15, 0.2) is 5.65 Å². The molecule has 1 atom stereocenters. The van der Waals surface area contributed by atoms with E-state index in [2.05, 4.69) is 20.3 Å². The molecule has 10 heteroatoms. The molecule has 4 heterocycles. The highest BCUT2D eigenvalue weighted by atomic mass is 32.2. The number of fused-ring (bicyclic) bond motifs is 1. The van der Waals surface area contributed by atoms with Gasteiger partial charge in [-0.3, -0.25) is 15.0 Å². The first-order valence-corrected chi connectivity index (χ1v) is 9.09. The van der Waals surface area contributed by atoms with Crippen LogP contribution < -0.4 is 5.56 Å². The van der Waals surface area contributed by atoms with E-state index in [9.17, 15) is 13.2 Å². The Labute approximate surface area is 137 Å². The Balaban J connectivity index is 1.80. The number of aromatic amines is 2. The highest BCUT2D eigenvalue weighted by Crippen LogP contribution is 2.34. The number of rotatable bonds is 3. The van der Waals surface area contributed by atoms with Crippen molar-refractivity contribution in [1.82, 2.24) is 29.1 Å². The van der Waals surface area contributed by atoms with Crippen molar-refractivity contribution in [1.29, 1.82) is 0 Å². The standard InChI is InChI=1S/C14H16N6O3S/c21-14-7-11(18-13-4-5-17-20(13)14)12-3-1-2-6-19(12)24(22,23)10-8-15-16-9-10/h4-5,7-9,12,17H,1-3,6H2,(H,15,16)/t12-/m0/s1. The first-order chi connectivity index (χ1) is 11.6. The van der Waals surface area contributed by atoms with E-state index in [0.717, 1.165) is 12.8 Å². The quantitative estimate of drug-likeness (QED) is 0.721. The van der Waals surface area contributed by atoms with Crippen LogP contribution in [0.4, 0.5) is 0 Å². The van der Waals surface area contributed by atoms with E-state index < -0.39 is 16.1 Å². The van der Waals surface area contributed by atoms with Gasteiger partial charge in [-0.25, -0.2) is 17.9 Å². The van der Waals surface area contributed by atoms with Crippen LogP contribution in [0, 0.1) is 0 Å². The number of piperidine rings is 1. The highest BCUT2D eigenvalue weighted by Gasteiger charge is 2.36. The fourth-order valence-electron chi connectivity index (χ4n) is 3.12. The minimum absolute atomic E-state index is 0.119. The van der Waals surface area contributed by atoms with E-state index in [1.165, 1.54) is 27.3 Å². The molecule has 126 valence electrons. The summed E-state index contributed by atoms with van der Waals surface area (Å²) in [5.74, 6) is 0. The molecule has 1 fully saturated rings. The third-order valence-corrected chi connectivity index (χ3v) is 6.15. The average molecular weight is 348 g/mol. The van der Waals surface area contributed by atoms with E-state index in [0.29, 0.717) is 24.3 Å². The summed E-state index contributed by atoms with van der Waals surface area (Å²) >= 11 is 0. The van der Waals surface area contributed by atoms with Crippen LogP contribution in [0.2, 0.25) is 0 Å². The van der Waals surface area contributed by atoms with Crippen LogP contribution in [0.3, 0.4) is 0 Å². The van der Waals surface area contributed by atoms with Crippen molar-refractivity contribution in [2.24, 2.45) is 0 Å². The normalized spacial score (nSPS) is 19.8. The lowest BCUT2D eigenvalue weighted by Gasteiger charge is -2.33. The molecule has 0 radical (unpaired) electrons. The zero-order valence-corrected chi connectivity index (χ0v) is 13.5. The molecule has 0 bridgehead atoms. The Kier molecular flexibility index (Phi) is 3.50. The van der Waals surface area contributed by atoms with E-state index in [1.807, 2.05) is 0 Å². The van der Waals surface area contributed by atoms with Gasteiger partial charge in [0.25, 0.3) is 5.56 Å². The molecular formula is C14H16N6O3S. The van der Waals surface area contributed by atoms with Crippen LogP contribution in [0.25, 0.3) is 5.65 Å². The van der Waals surface area contributed by atoms with Crippen LogP contribution in [-0.2, 0) is 10.0 Å². The third kappa shape index (κ3) is 2.34. The summed E-state index contributed by atoms with van der Waals surface area (Å²) in [6.07, 6.45) is 6.56. The molecule has 0 spiro atoms. The van der Waals surface area contributed by atoms with Crippen LogP contribution in [-0.4, -0.2) is 44.1 Å². The Morgan fingerprint density at radius 2 is 2.17 bits per heavy atom. The van der Waals surface area contributed by atoms with Gasteiger partial charge in [-0.15, -0.1) is 0 Å². The molecule has 0 aromatic carbocycles. The van der Waals surface area contributed by atoms with E-state index in [-0.39, 0.29) is 10.5 Å². The molecule has 9 nitrogen and oxygen atoms in total. The molecular weight excluding hydrogens is 332 g/mol. The number of H-pyrrole nitrogens is 2.